The van der Waals surface area contributed by atoms with Gasteiger partial charge in [0.1, 0.15) is 0 Å². The average molecular weight is 272 g/mol. The summed E-state index contributed by atoms with van der Waals surface area (Å²) in [6, 6.07) is 7.51. The van der Waals surface area contributed by atoms with Crippen LogP contribution in [0.15, 0.2) is 35.4 Å². The maximum Gasteiger partial charge on any atom is 0.261 e. The molecule has 0 saturated carbocycles. The molecule has 1 aliphatic rings. The van der Waals surface area contributed by atoms with E-state index in [9.17, 15) is 4.79 Å². The van der Waals surface area contributed by atoms with Gasteiger partial charge < -0.3 is 4.90 Å². The minimum absolute atomic E-state index is 0.0599. The lowest BCUT2D eigenvalue weighted by molar-refractivity contribution is 0.149. The van der Waals surface area contributed by atoms with E-state index in [4.69, 9.17) is 0 Å². The Morgan fingerprint density at radius 2 is 1.85 bits per heavy atom. The van der Waals surface area contributed by atoms with Crippen LogP contribution < -0.4 is 5.56 Å². The zero-order chi connectivity index (χ0) is 13.9. The summed E-state index contributed by atoms with van der Waals surface area (Å²) < 4.78 is 1.72. The van der Waals surface area contributed by atoms with Crippen LogP contribution in [0.5, 0.6) is 0 Å². The Hall–Kier alpha value is -1.72. The molecular weight excluding hydrogens is 252 g/mol. The molecule has 0 spiro atoms. The maximum atomic E-state index is 12.3. The molecule has 5 nitrogen and oxygen atoms in total. The van der Waals surface area contributed by atoms with Gasteiger partial charge >= 0.3 is 0 Å². The molecule has 0 N–H and O–H groups in total. The van der Waals surface area contributed by atoms with E-state index in [-0.39, 0.29) is 5.56 Å². The number of benzene rings is 1. The summed E-state index contributed by atoms with van der Waals surface area (Å²) in [4.78, 5) is 21.4. The third-order valence-corrected chi connectivity index (χ3v) is 3.98. The fraction of sp³-hybridized carbons (Fsp3) is 0.467. The molecule has 1 aliphatic heterocycles. The molecule has 1 aromatic carbocycles. The van der Waals surface area contributed by atoms with Crippen LogP contribution in [-0.4, -0.2) is 59.1 Å². The molecule has 5 heteroatoms. The lowest BCUT2D eigenvalue weighted by Crippen LogP contribution is -2.45. The molecule has 0 bridgehead atoms. The number of piperazine rings is 1. The molecule has 1 saturated heterocycles. The first kappa shape index (κ1) is 13.3. The van der Waals surface area contributed by atoms with Crippen molar-refractivity contribution in [1.29, 1.82) is 0 Å². The molecule has 20 heavy (non-hydrogen) atoms. The fourth-order valence-corrected chi connectivity index (χ4v) is 2.59. The van der Waals surface area contributed by atoms with Gasteiger partial charge in [0.05, 0.1) is 17.2 Å². The molecular formula is C15H20N4O. The number of likely N-dealkylation sites (N-methyl/N-ethyl adjacent to an activating group) is 1. The predicted molar refractivity (Wildman–Crippen MR) is 79.9 cm³/mol. The topological polar surface area (TPSA) is 41.4 Å². The van der Waals surface area contributed by atoms with Crippen molar-refractivity contribution in [2.24, 2.45) is 0 Å². The van der Waals surface area contributed by atoms with Crippen molar-refractivity contribution >= 4 is 10.9 Å². The minimum atomic E-state index is 0.0599. The third-order valence-electron chi connectivity index (χ3n) is 3.98. The lowest BCUT2D eigenvalue weighted by atomic mass is 10.2. The van der Waals surface area contributed by atoms with Gasteiger partial charge in [-0.1, -0.05) is 12.1 Å². The highest BCUT2D eigenvalue weighted by Gasteiger charge is 2.13. The van der Waals surface area contributed by atoms with Gasteiger partial charge in [-0.3, -0.25) is 14.3 Å². The summed E-state index contributed by atoms with van der Waals surface area (Å²) in [7, 11) is 2.15. The molecule has 3 rings (SSSR count). The van der Waals surface area contributed by atoms with Crippen LogP contribution in [0.3, 0.4) is 0 Å². The SMILES string of the molecule is CN1CCN(CCn2cnc3ccccc3c2=O)CC1. The summed E-state index contributed by atoms with van der Waals surface area (Å²) in [5, 5.41) is 0.702. The first-order chi connectivity index (χ1) is 9.74. The summed E-state index contributed by atoms with van der Waals surface area (Å²) in [6.45, 7) is 5.97. The summed E-state index contributed by atoms with van der Waals surface area (Å²) in [5.74, 6) is 0. The molecule has 1 aromatic heterocycles. The second-order valence-corrected chi connectivity index (χ2v) is 5.41. The summed E-state index contributed by atoms with van der Waals surface area (Å²) >= 11 is 0. The monoisotopic (exact) mass is 272 g/mol. The Labute approximate surface area is 118 Å². The molecule has 0 aliphatic carbocycles. The number of para-hydroxylation sites is 1. The number of aromatic nitrogens is 2. The van der Waals surface area contributed by atoms with E-state index in [0.717, 1.165) is 38.2 Å². The lowest BCUT2D eigenvalue weighted by Gasteiger charge is -2.32. The van der Waals surface area contributed by atoms with Gasteiger partial charge in [-0.15, -0.1) is 0 Å². The quantitative estimate of drug-likeness (QED) is 0.822. The fourth-order valence-electron chi connectivity index (χ4n) is 2.59. The van der Waals surface area contributed by atoms with Gasteiger partial charge in [0.15, 0.2) is 0 Å². The summed E-state index contributed by atoms with van der Waals surface area (Å²) in [6.07, 6.45) is 1.67. The highest BCUT2D eigenvalue weighted by Crippen LogP contribution is 2.05. The van der Waals surface area contributed by atoms with E-state index in [1.807, 2.05) is 24.3 Å². The number of nitrogens with zero attached hydrogens (tertiary/aromatic N) is 4. The van der Waals surface area contributed by atoms with Gasteiger partial charge in [0.2, 0.25) is 0 Å². The van der Waals surface area contributed by atoms with Crippen LogP contribution >= 0.6 is 0 Å². The number of fused-ring (bicyclic) bond motifs is 1. The van der Waals surface area contributed by atoms with Crippen molar-refractivity contribution in [3.63, 3.8) is 0 Å². The van der Waals surface area contributed by atoms with E-state index < -0.39 is 0 Å². The van der Waals surface area contributed by atoms with Crippen molar-refractivity contribution in [3.05, 3.63) is 40.9 Å². The molecule has 2 heterocycles. The van der Waals surface area contributed by atoms with Gasteiger partial charge in [-0.25, -0.2) is 4.98 Å². The third kappa shape index (κ3) is 2.73. The number of hydrogen-bond donors (Lipinski definition) is 0. The smallest absolute Gasteiger partial charge is 0.261 e. The molecule has 0 atom stereocenters. The average Bonchev–Trinajstić information content (AvgIpc) is 2.49. The molecule has 1 fully saturated rings. The van der Waals surface area contributed by atoms with Crippen LogP contribution in [-0.2, 0) is 6.54 Å². The first-order valence-corrected chi connectivity index (χ1v) is 7.09. The van der Waals surface area contributed by atoms with E-state index in [2.05, 4.69) is 21.8 Å². The Morgan fingerprint density at radius 3 is 2.65 bits per heavy atom. The van der Waals surface area contributed by atoms with Crippen LogP contribution in [0.2, 0.25) is 0 Å². The van der Waals surface area contributed by atoms with E-state index >= 15 is 0 Å². The molecule has 106 valence electrons. The number of hydrogen-bond acceptors (Lipinski definition) is 4. The van der Waals surface area contributed by atoms with Crippen LogP contribution in [0.25, 0.3) is 10.9 Å². The molecule has 2 aromatic rings. The van der Waals surface area contributed by atoms with E-state index in [1.54, 1.807) is 10.9 Å². The molecule has 0 radical (unpaired) electrons. The molecule has 0 amide bonds. The zero-order valence-electron chi connectivity index (χ0n) is 11.8. The Balaban J connectivity index is 1.72. The van der Waals surface area contributed by atoms with Crippen LogP contribution in [0.4, 0.5) is 0 Å². The van der Waals surface area contributed by atoms with Crippen molar-refractivity contribution < 1.29 is 0 Å². The minimum Gasteiger partial charge on any atom is -0.304 e. The highest BCUT2D eigenvalue weighted by molar-refractivity contribution is 5.76. The van der Waals surface area contributed by atoms with Crippen LogP contribution in [0.1, 0.15) is 0 Å². The van der Waals surface area contributed by atoms with Gasteiger partial charge in [-0.2, -0.15) is 0 Å². The molecule has 0 unspecified atom stereocenters. The van der Waals surface area contributed by atoms with Crippen molar-refractivity contribution in [2.45, 2.75) is 6.54 Å². The highest BCUT2D eigenvalue weighted by atomic mass is 16.1. The normalized spacial score (nSPS) is 17.6. The summed E-state index contributed by atoms with van der Waals surface area (Å²) in [5.41, 5.74) is 0.832. The standard InChI is InChI=1S/C15H20N4O/c1-17-6-8-18(9-7-17)10-11-19-12-16-14-5-3-2-4-13(14)15(19)20/h2-5,12H,6-11H2,1H3. The van der Waals surface area contributed by atoms with Gasteiger partial charge in [-0.05, 0) is 19.2 Å². The number of rotatable bonds is 3. The van der Waals surface area contributed by atoms with Crippen molar-refractivity contribution in [2.75, 3.05) is 39.8 Å². The van der Waals surface area contributed by atoms with Crippen LogP contribution in [0, 0.1) is 0 Å². The van der Waals surface area contributed by atoms with E-state index in [1.165, 1.54) is 0 Å². The second kappa shape index (κ2) is 5.73. The Morgan fingerprint density at radius 1 is 1.10 bits per heavy atom. The first-order valence-electron chi connectivity index (χ1n) is 7.09. The van der Waals surface area contributed by atoms with Gasteiger partial charge in [0, 0.05) is 39.3 Å². The van der Waals surface area contributed by atoms with Crippen molar-refractivity contribution in [3.8, 4) is 0 Å². The predicted octanol–water partition coefficient (Wildman–Crippen LogP) is 0.644. The van der Waals surface area contributed by atoms with E-state index in [0.29, 0.717) is 11.9 Å². The maximum absolute atomic E-state index is 12.3. The second-order valence-electron chi connectivity index (χ2n) is 5.41. The Bertz CT molecular complexity index is 644. The largest absolute Gasteiger partial charge is 0.304 e. The zero-order valence-corrected chi connectivity index (χ0v) is 11.8. The van der Waals surface area contributed by atoms with Crippen molar-refractivity contribution in [1.82, 2.24) is 19.4 Å². The Kier molecular flexibility index (Phi) is 3.80. The van der Waals surface area contributed by atoms with Gasteiger partial charge in [0.25, 0.3) is 5.56 Å².